The average Bonchev–Trinajstić information content (AvgIpc) is 2.66. The standard InChI is InChI=1S/C22H23N3O/c1-15-8-7-9-16(2)21(15)25-20-12-19(13-23-14-20)22(26)24-17(3)18-10-5-4-6-11-18/h4-14,17,25H,1-3H3,(H,24,26). The first-order valence-corrected chi connectivity index (χ1v) is 8.68. The Hall–Kier alpha value is -3.14. The summed E-state index contributed by atoms with van der Waals surface area (Å²) in [4.78, 5) is 16.8. The van der Waals surface area contributed by atoms with Crippen LogP contribution in [-0.2, 0) is 0 Å². The zero-order valence-electron chi connectivity index (χ0n) is 15.3. The maximum Gasteiger partial charge on any atom is 0.253 e. The molecule has 0 bridgehead atoms. The minimum Gasteiger partial charge on any atom is -0.354 e. The molecule has 0 saturated heterocycles. The van der Waals surface area contributed by atoms with Crippen LogP contribution in [0.4, 0.5) is 11.4 Å². The number of benzene rings is 2. The second-order valence-electron chi connectivity index (χ2n) is 6.46. The highest BCUT2D eigenvalue weighted by molar-refractivity contribution is 5.95. The molecule has 1 heterocycles. The van der Waals surface area contributed by atoms with Crippen molar-refractivity contribution in [2.45, 2.75) is 26.8 Å². The van der Waals surface area contributed by atoms with E-state index >= 15 is 0 Å². The molecule has 132 valence electrons. The van der Waals surface area contributed by atoms with Crippen molar-refractivity contribution in [1.82, 2.24) is 10.3 Å². The molecule has 0 saturated carbocycles. The number of aromatic nitrogens is 1. The number of hydrogen-bond acceptors (Lipinski definition) is 3. The molecule has 0 aliphatic rings. The number of rotatable bonds is 5. The summed E-state index contributed by atoms with van der Waals surface area (Å²) in [5.41, 5.74) is 5.74. The number of aryl methyl sites for hydroxylation is 2. The van der Waals surface area contributed by atoms with Gasteiger partial charge in [-0.05, 0) is 43.5 Å². The van der Waals surface area contributed by atoms with Gasteiger partial charge in [-0.2, -0.15) is 0 Å². The molecule has 1 unspecified atom stereocenters. The Morgan fingerprint density at radius 3 is 2.35 bits per heavy atom. The Balaban J connectivity index is 1.75. The molecule has 3 rings (SSSR count). The smallest absolute Gasteiger partial charge is 0.253 e. The van der Waals surface area contributed by atoms with Crippen molar-refractivity contribution in [1.29, 1.82) is 0 Å². The van der Waals surface area contributed by atoms with Crippen LogP contribution in [0.2, 0.25) is 0 Å². The fourth-order valence-corrected chi connectivity index (χ4v) is 2.89. The molecule has 0 fully saturated rings. The van der Waals surface area contributed by atoms with Gasteiger partial charge >= 0.3 is 0 Å². The van der Waals surface area contributed by atoms with Gasteiger partial charge in [0.05, 0.1) is 23.5 Å². The molecule has 4 nitrogen and oxygen atoms in total. The predicted molar refractivity (Wildman–Crippen MR) is 106 cm³/mol. The summed E-state index contributed by atoms with van der Waals surface area (Å²) in [6, 6.07) is 17.8. The Kier molecular flexibility index (Phi) is 5.32. The number of carbonyl (C=O) groups excluding carboxylic acids is 1. The molecule has 1 amide bonds. The summed E-state index contributed by atoms with van der Waals surface area (Å²) < 4.78 is 0. The number of amides is 1. The molecule has 0 spiro atoms. The van der Waals surface area contributed by atoms with Crippen molar-refractivity contribution >= 4 is 17.3 Å². The van der Waals surface area contributed by atoms with E-state index in [1.807, 2.05) is 49.4 Å². The van der Waals surface area contributed by atoms with E-state index in [1.54, 1.807) is 12.4 Å². The number of carbonyl (C=O) groups is 1. The maximum atomic E-state index is 12.6. The Morgan fingerprint density at radius 2 is 1.65 bits per heavy atom. The molecule has 3 aromatic rings. The summed E-state index contributed by atoms with van der Waals surface area (Å²) in [6.07, 6.45) is 3.31. The third-order valence-electron chi connectivity index (χ3n) is 4.40. The normalized spacial score (nSPS) is 11.7. The highest BCUT2D eigenvalue weighted by Crippen LogP contribution is 2.24. The van der Waals surface area contributed by atoms with E-state index in [0.29, 0.717) is 5.56 Å². The van der Waals surface area contributed by atoms with Crippen molar-refractivity contribution < 1.29 is 4.79 Å². The molecule has 1 aromatic heterocycles. The zero-order valence-corrected chi connectivity index (χ0v) is 15.3. The third-order valence-corrected chi connectivity index (χ3v) is 4.40. The van der Waals surface area contributed by atoms with E-state index in [4.69, 9.17) is 0 Å². The fourth-order valence-electron chi connectivity index (χ4n) is 2.89. The minimum atomic E-state index is -0.140. The monoisotopic (exact) mass is 345 g/mol. The van der Waals surface area contributed by atoms with Crippen LogP contribution in [-0.4, -0.2) is 10.9 Å². The van der Waals surface area contributed by atoms with Gasteiger partial charge in [-0.1, -0.05) is 48.5 Å². The average molecular weight is 345 g/mol. The summed E-state index contributed by atoms with van der Waals surface area (Å²) in [5.74, 6) is -0.140. The van der Waals surface area contributed by atoms with Crippen molar-refractivity contribution in [3.8, 4) is 0 Å². The van der Waals surface area contributed by atoms with E-state index in [-0.39, 0.29) is 11.9 Å². The summed E-state index contributed by atoms with van der Waals surface area (Å²) in [7, 11) is 0. The van der Waals surface area contributed by atoms with Crippen LogP contribution in [0, 0.1) is 13.8 Å². The number of nitrogens with one attached hydrogen (secondary N) is 2. The second kappa shape index (κ2) is 7.83. The Labute approximate surface area is 154 Å². The molecule has 0 radical (unpaired) electrons. The van der Waals surface area contributed by atoms with Crippen molar-refractivity contribution in [2.75, 3.05) is 5.32 Å². The maximum absolute atomic E-state index is 12.6. The number of hydrogen-bond donors (Lipinski definition) is 2. The van der Waals surface area contributed by atoms with Crippen molar-refractivity contribution in [3.63, 3.8) is 0 Å². The molecule has 2 aromatic carbocycles. The highest BCUT2D eigenvalue weighted by atomic mass is 16.1. The quantitative estimate of drug-likeness (QED) is 0.689. The zero-order chi connectivity index (χ0) is 18.5. The lowest BCUT2D eigenvalue weighted by atomic mass is 10.1. The lowest BCUT2D eigenvalue weighted by Crippen LogP contribution is -2.26. The van der Waals surface area contributed by atoms with Gasteiger partial charge in [-0.3, -0.25) is 9.78 Å². The lowest BCUT2D eigenvalue weighted by molar-refractivity contribution is 0.0939. The molecule has 0 aliphatic carbocycles. The largest absolute Gasteiger partial charge is 0.354 e. The Bertz CT molecular complexity index is 886. The molecular formula is C22H23N3O. The van der Waals surface area contributed by atoms with Gasteiger partial charge in [0.25, 0.3) is 5.91 Å². The van der Waals surface area contributed by atoms with Gasteiger partial charge in [0.2, 0.25) is 0 Å². The van der Waals surface area contributed by atoms with Crippen LogP contribution in [0.5, 0.6) is 0 Å². The van der Waals surface area contributed by atoms with E-state index in [0.717, 1.165) is 28.1 Å². The first-order valence-electron chi connectivity index (χ1n) is 8.68. The van der Waals surface area contributed by atoms with Gasteiger partial charge in [0, 0.05) is 11.9 Å². The molecule has 1 atom stereocenters. The summed E-state index contributed by atoms with van der Waals surface area (Å²) >= 11 is 0. The minimum absolute atomic E-state index is 0.0704. The van der Waals surface area contributed by atoms with Crippen LogP contribution >= 0.6 is 0 Å². The lowest BCUT2D eigenvalue weighted by Gasteiger charge is -2.15. The molecule has 4 heteroatoms. The highest BCUT2D eigenvalue weighted by Gasteiger charge is 2.12. The molecule has 26 heavy (non-hydrogen) atoms. The topological polar surface area (TPSA) is 54.0 Å². The third kappa shape index (κ3) is 4.09. The van der Waals surface area contributed by atoms with Gasteiger partial charge in [0.15, 0.2) is 0 Å². The predicted octanol–water partition coefficient (Wildman–Crippen LogP) is 4.93. The van der Waals surface area contributed by atoms with Crippen LogP contribution in [0.15, 0.2) is 67.0 Å². The molecule has 2 N–H and O–H groups in total. The van der Waals surface area contributed by atoms with E-state index < -0.39 is 0 Å². The molecular weight excluding hydrogens is 322 g/mol. The van der Waals surface area contributed by atoms with Gasteiger partial charge < -0.3 is 10.6 Å². The fraction of sp³-hybridized carbons (Fsp3) is 0.182. The Morgan fingerprint density at radius 1 is 0.962 bits per heavy atom. The van der Waals surface area contributed by atoms with Crippen LogP contribution in [0.25, 0.3) is 0 Å². The second-order valence-corrected chi connectivity index (χ2v) is 6.46. The first-order chi connectivity index (χ1) is 12.5. The van der Waals surface area contributed by atoms with Crippen LogP contribution in [0.1, 0.15) is 40.0 Å². The summed E-state index contributed by atoms with van der Waals surface area (Å²) in [6.45, 7) is 6.08. The van der Waals surface area contributed by atoms with Crippen LogP contribution < -0.4 is 10.6 Å². The van der Waals surface area contributed by atoms with Crippen molar-refractivity contribution in [3.05, 3.63) is 89.2 Å². The number of para-hydroxylation sites is 1. The van der Waals surface area contributed by atoms with Gasteiger partial charge in [-0.25, -0.2) is 0 Å². The number of nitrogens with zero attached hydrogens (tertiary/aromatic N) is 1. The van der Waals surface area contributed by atoms with E-state index in [9.17, 15) is 4.79 Å². The number of pyridine rings is 1. The number of anilines is 2. The van der Waals surface area contributed by atoms with E-state index in [2.05, 4.69) is 41.6 Å². The summed E-state index contributed by atoms with van der Waals surface area (Å²) in [5, 5.41) is 6.40. The van der Waals surface area contributed by atoms with E-state index in [1.165, 1.54) is 0 Å². The van der Waals surface area contributed by atoms with Crippen LogP contribution in [0.3, 0.4) is 0 Å². The van der Waals surface area contributed by atoms with Crippen molar-refractivity contribution in [2.24, 2.45) is 0 Å². The SMILES string of the molecule is Cc1cccc(C)c1Nc1cncc(C(=O)NC(C)c2ccccc2)c1. The first kappa shape index (κ1) is 17.7. The van der Waals surface area contributed by atoms with Gasteiger partial charge in [-0.15, -0.1) is 0 Å². The molecule has 0 aliphatic heterocycles. The van der Waals surface area contributed by atoms with Gasteiger partial charge in [0.1, 0.15) is 0 Å².